The van der Waals surface area contributed by atoms with Crippen LogP contribution < -0.4 is 15.4 Å². The van der Waals surface area contributed by atoms with Crippen molar-refractivity contribution >= 4 is 5.96 Å². The fourth-order valence-corrected chi connectivity index (χ4v) is 3.31. The van der Waals surface area contributed by atoms with Gasteiger partial charge in [-0.05, 0) is 50.3 Å². The number of nitrogens with zero attached hydrogens (tertiary/aromatic N) is 2. The van der Waals surface area contributed by atoms with Crippen molar-refractivity contribution in [1.82, 2.24) is 15.5 Å². The van der Waals surface area contributed by atoms with E-state index in [4.69, 9.17) is 4.74 Å². The molecule has 5 heteroatoms. The first-order valence-corrected chi connectivity index (χ1v) is 9.37. The SMILES string of the molecule is CN=C(NCCCc1cccc(OC)c1)NC1CN(C(C)C)CC1C. The maximum atomic E-state index is 5.28. The number of rotatable bonds is 7. The second kappa shape index (κ2) is 9.66. The van der Waals surface area contributed by atoms with E-state index in [0.717, 1.165) is 44.2 Å². The summed E-state index contributed by atoms with van der Waals surface area (Å²) in [5, 5.41) is 7.04. The lowest BCUT2D eigenvalue weighted by Gasteiger charge is -2.22. The Bertz CT molecular complexity index is 558. The molecular formula is C20H34N4O. The minimum absolute atomic E-state index is 0.465. The molecule has 0 spiro atoms. The lowest BCUT2D eigenvalue weighted by atomic mass is 10.1. The number of nitrogens with one attached hydrogen (secondary N) is 2. The third-order valence-corrected chi connectivity index (χ3v) is 4.99. The van der Waals surface area contributed by atoms with Gasteiger partial charge >= 0.3 is 0 Å². The molecule has 1 aliphatic heterocycles. The zero-order valence-electron chi connectivity index (χ0n) is 16.4. The molecule has 1 aliphatic rings. The number of aryl methyl sites for hydroxylation is 1. The number of ether oxygens (including phenoxy) is 1. The fraction of sp³-hybridized carbons (Fsp3) is 0.650. The number of benzene rings is 1. The minimum Gasteiger partial charge on any atom is -0.497 e. The maximum absolute atomic E-state index is 5.28. The lowest BCUT2D eigenvalue weighted by molar-refractivity contribution is 0.265. The normalized spacial score (nSPS) is 21.6. The lowest BCUT2D eigenvalue weighted by Crippen LogP contribution is -2.47. The van der Waals surface area contributed by atoms with Crippen LogP contribution in [0.2, 0.25) is 0 Å². The van der Waals surface area contributed by atoms with E-state index in [1.807, 2.05) is 19.2 Å². The van der Waals surface area contributed by atoms with E-state index in [2.05, 4.69) is 53.4 Å². The summed E-state index contributed by atoms with van der Waals surface area (Å²) in [6, 6.07) is 9.35. The third kappa shape index (κ3) is 5.92. The van der Waals surface area contributed by atoms with Gasteiger partial charge in [0.25, 0.3) is 0 Å². The number of likely N-dealkylation sites (tertiary alicyclic amines) is 1. The molecule has 0 aromatic heterocycles. The van der Waals surface area contributed by atoms with Gasteiger partial charge < -0.3 is 15.4 Å². The predicted octanol–water partition coefficient (Wildman–Crippen LogP) is 2.52. The van der Waals surface area contributed by atoms with Crippen molar-refractivity contribution < 1.29 is 4.74 Å². The van der Waals surface area contributed by atoms with Crippen molar-refractivity contribution in [3.05, 3.63) is 29.8 Å². The largest absolute Gasteiger partial charge is 0.497 e. The van der Waals surface area contributed by atoms with Gasteiger partial charge in [0.05, 0.1) is 7.11 Å². The van der Waals surface area contributed by atoms with Gasteiger partial charge in [-0.3, -0.25) is 9.89 Å². The van der Waals surface area contributed by atoms with Crippen molar-refractivity contribution in [3.8, 4) is 5.75 Å². The van der Waals surface area contributed by atoms with Crippen LogP contribution in [0.1, 0.15) is 32.8 Å². The first kappa shape index (κ1) is 19.6. The van der Waals surface area contributed by atoms with Gasteiger partial charge in [-0.1, -0.05) is 19.1 Å². The molecular weight excluding hydrogens is 312 g/mol. The van der Waals surface area contributed by atoms with Gasteiger partial charge in [-0.15, -0.1) is 0 Å². The molecule has 1 fully saturated rings. The van der Waals surface area contributed by atoms with Crippen LogP contribution in [0.15, 0.2) is 29.3 Å². The van der Waals surface area contributed by atoms with E-state index in [-0.39, 0.29) is 0 Å². The maximum Gasteiger partial charge on any atom is 0.191 e. The van der Waals surface area contributed by atoms with Crippen LogP contribution in [0.3, 0.4) is 0 Å². The molecule has 0 aliphatic carbocycles. The molecule has 1 aromatic carbocycles. The summed E-state index contributed by atoms with van der Waals surface area (Å²) in [6.45, 7) is 10.00. The Balaban J connectivity index is 1.73. The quantitative estimate of drug-likeness (QED) is 0.452. The number of aliphatic imine (C=N–C) groups is 1. The second-order valence-electron chi connectivity index (χ2n) is 7.23. The summed E-state index contributed by atoms with van der Waals surface area (Å²) in [5.41, 5.74) is 1.31. The zero-order chi connectivity index (χ0) is 18.2. The van der Waals surface area contributed by atoms with E-state index in [1.165, 1.54) is 5.56 Å². The van der Waals surface area contributed by atoms with E-state index >= 15 is 0 Å². The van der Waals surface area contributed by atoms with Crippen LogP contribution in [0.4, 0.5) is 0 Å². The van der Waals surface area contributed by atoms with Gasteiger partial charge in [0.2, 0.25) is 0 Å². The Labute approximate surface area is 152 Å². The Hall–Kier alpha value is -1.75. The Morgan fingerprint density at radius 1 is 1.36 bits per heavy atom. The van der Waals surface area contributed by atoms with E-state index in [0.29, 0.717) is 18.0 Å². The number of hydrogen-bond donors (Lipinski definition) is 2. The van der Waals surface area contributed by atoms with Crippen LogP contribution in [0, 0.1) is 5.92 Å². The molecule has 1 heterocycles. The van der Waals surface area contributed by atoms with Gasteiger partial charge in [0, 0.05) is 38.8 Å². The number of hydrogen-bond acceptors (Lipinski definition) is 3. The molecule has 0 bridgehead atoms. The first-order chi connectivity index (χ1) is 12.0. The highest BCUT2D eigenvalue weighted by molar-refractivity contribution is 5.80. The van der Waals surface area contributed by atoms with Crippen LogP contribution in [0.5, 0.6) is 5.75 Å². The molecule has 2 unspecified atom stereocenters. The van der Waals surface area contributed by atoms with Crippen molar-refractivity contribution in [3.63, 3.8) is 0 Å². The molecule has 1 saturated heterocycles. The molecule has 2 N–H and O–H groups in total. The second-order valence-corrected chi connectivity index (χ2v) is 7.23. The highest BCUT2D eigenvalue weighted by Gasteiger charge is 2.31. The average Bonchev–Trinajstić information content (AvgIpc) is 2.98. The standard InChI is InChI=1S/C20H34N4O/c1-15(2)24-13-16(3)19(14-24)23-20(21-4)22-11-7-9-17-8-6-10-18(12-17)25-5/h6,8,10,12,15-16,19H,7,9,11,13-14H2,1-5H3,(H2,21,22,23). The minimum atomic E-state index is 0.465. The molecule has 0 saturated carbocycles. The highest BCUT2D eigenvalue weighted by atomic mass is 16.5. The summed E-state index contributed by atoms with van der Waals surface area (Å²) in [5.74, 6) is 2.47. The van der Waals surface area contributed by atoms with Crippen LogP contribution in [0.25, 0.3) is 0 Å². The van der Waals surface area contributed by atoms with Crippen LogP contribution in [-0.2, 0) is 6.42 Å². The predicted molar refractivity (Wildman–Crippen MR) is 105 cm³/mol. The van der Waals surface area contributed by atoms with E-state index < -0.39 is 0 Å². The van der Waals surface area contributed by atoms with Crippen molar-refractivity contribution in [2.75, 3.05) is 33.8 Å². The topological polar surface area (TPSA) is 48.9 Å². The van der Waals surface area contributed by atoms with E-state index in [9.17, 15) is 0 Å². The molecule has 0 amide bonds. The van der Waals surface area contributed by atoms with Crippen molar-refractivity contribution in [1.29, 1.82) is 0 Å². The number of guanidine groups is 1. The number of methoxy groups -OCH3 is 1. The first-order valence-electron chi connectivity index (χ1n) is 9.37. The third-order valence-electron chi connectivity index (χ3n) is 4.99. The fourth-order valence-electron chi connectivity index (χ4n) is 3.31. The summed E-state index contributed by atoms with van der Waals surface area (Å²) < 4.78 is 5.28. The van der Waals surface area contributed by atoms with Crippen molar-refractivity contribution in [2.45, 2.75) is 45.7 Å². The summed E-state index contributed by atoms with van der Waals surface area (Å²) >= 11 is 0. The van der Waals surface area contributed by atoms with Gasteiger partial charge in [-0.2, -0.15) is 0 Å². The molecule has 25 heavy (non-hydrogen) atoms. The van der Waals surface area contributed by atoms with Gasteiger partial charge in [-0.25, -0.2) is 0 Å². The van der Waals surface area contributed by atoms with Crippen LogP contribution >= 0.6 is 0 Å². The molecule has 5 nitrogen and oxygen atoms in total. The molecule has 1 aromatic rings. The molecule has 2 rings (SSSR count). The molecule has 2 atom stereocenters. The summed E-state index contributed by atoms with van der Waals surface area (Å²) in [4.78, 5) is 6.91. The van der Waals surface area contributed by atoms with Gasteiger partial charge in [0.15, 0.2) is 5.96 Å². The smallest absolute Gasteiger partial charge is 0.191 e. The summed E-state index contributed by atoms with van der Waals surface area (Å²) in [6.07, 6.45) is 2.09. The molecule has 0 radical (unpaired) electrons. The average molecular weight is 347 g/mol. The zero-order valence-corrected chi connectivity index (χ0v) is 16.4. The molecule has 140 valence electrons. The van der Waals surface area contributed by atoms with Crippen molar-refractivity contribution in [2.24, 2.45) is 10.9 Å². The van der Waals surface area contributed by atoms with Crippen LogP contribution in [-0.4, -0.2) is 56.7 Å². The Morgan fingerprint density at radius 3 is 2.80 bits per heavy atom. The Morgan fingerprint density at radius 2 is 2.16 bits per heavy atom. The Kier molecular flexibility index (Phi) is 7.56. The van der Waals surface area contributed by atoms with E-state index in [1.54, 1.807) is 7.11 Å². The van der Waals surface area contributed by atoms with Gasteiger partial charge in [0.1, 0.15) is 5.75 Å². The summed E-state index contributed by atoms with van der Waals surface area (Å²) in [7, 11) is 3.55. The monoisotopic (exact) mass is 346 g/mol. The highest BCUT2D eigenvalue weighted by Crippen LogP contribution is 2.18.